The van der Waals surface area contributed by atoms with Gasteiger partial charge in [0.05, 0.1) is 0 Å². The molecule has 0 heterocycles. The number of halogens is 2. The van der Waals surface area contributed by atoms with Crippen molar-refractivity contribution >= 4 is 21.6 Å². The second-order valence-electron chi connectivity index (χ2n) is 5.09. The molecule has 0 bridgehead atoms. The molecule has 114 valence electrons. The monoisotopic (exact) mass is 322 g/mol. The molecule has 1 aromatic carbocycles. The highest BCUT2D eigenvalue weighted by Gasteiger charge is 2.26. The van der Waals surface area contributed by atoms with Crippen molar-refractivity contribution in [3.63, 3.8) is 0 Å². The van der Waals surface area contributed by atoms with Gasteiger partial charge in [-0.2, -0.15) is 0 Å². The first-order valence-electron chi connectivity index (χ1n) is 6.34. The maximum Gasteiger partial charge on any atom is 0.245 e. The molecule has 0 aromatic heterocycles. The zero-order valence-electron chi connectivity index (χ0n) is 11.9. The van der Waals surface area contributed by atoms with Crippen LogP contribution in [0.4, 0.5) is 4.39 Å². The molecule has 0 amide bonds. The van der Waals surface area contributed by atoms with Crippen molar-refractivity contribution < 1.29 is 12.8 Å². The van der Waals surface area contributed by atoms with E-state index >= 15 is 0 Å². The summed E-state index contributed by atoms with van der Waals surface area (Å²) in [5, 5.41) is 0.155. The molecule has 0 radical (unpaired) electrons. The summed E-state index contributed by atoms with van der Waals surface area (Å²) in [6.45, 7) is 4.20. The van der Waals surface area contributed by atoms with Crippen LogP contribution in [0.1, 0.15) is 25.8 Å². The van der Waals surface area contributed by atoms with Gasteiger partial charge in [0.1, 0.15) is 10.7 Å². The Morgan fingerprint density at radius 2 is 2.00 bits per heavy atom. The summed E-state index contributed by atoms with van der Waals surface area (Å²) in [5.74, 6) is -0.468. The minimum absolute atomic E-state index is 0.0911. The molecule has 0 saturated heterocycles. The standard InChI is InChI=1S/C13H20ClFN2O2S/c1-9(2)4-5-17(3)20(18,19)12-7-11(14)6-10(8-16)13(12)15/h6-7,9H,4-5,8,16H2,1-3H3. The molecule has 0 atom stereocenters. The van der Waals surface area contributed by atoms with Crippen molar-refractivity contribution in [2.24, 2.45) is 11.7 Å². The number of rotatable bonds is 6. The van der Waals surface area contributed by atoms with Crippen LogP contribution in [0.3, 0.4) is 0 Å². The third kappa shape index (κ3) is 3.91. The molecule has 0 aliphatic carbocycles. The van der Waals surface area contributed by atoms with Crippen molar-refractivity contribution in [1.82, 2.24) is 4.31 Å². The van der Waals surface area contributed by atoms with Crippen molar-refractivity contribution in [1.29, 1.82) is 0 Å². The number of nitrogens with two attached hydrogens (primary N) is 1. The first-order valence-corrected chi connectivity index (χ1v) is 8.16. The van der Waals surface area contributed by atoms with Gasteiger partial charge in [0.15, 0.2) is 0 Å². The summed E-state index contributed by atoms with van der Waals surface area (Å²) in [7, 11) is -2.47. The van der Waals surface area contributed by atoms with Crippen LogP contribution in [0.15, 0.2) is 17.0 Å². The second-order valence-corrected chi connectivity index (χ2v) is 7.54. The number of nitrogens with zero attached hydrogens (tertiary/aromatic N) is 1. The Morgan fingerprint density at radius 1 is 1.40 bits per heavy atom. The van der Waals surface area contributed by atoms with Crippen LogP contribution < -0.4 is 5.73 Å². The van der Waals surface area contributed by atoms with Crippen molar-refractivity contribution in [3.05, 3.63) is 28.5 Å². The largest absolute Gasteiger partial charge is 0.326 e. The first-order chi connectivity index (χ1) is 9.20. The maximum absolute atomic E-state index is 14.2. The molecule has 20 heavy (non-hydrogen) atoms. The maximum atomic E-state index is 14.2. The van der Waals surface area contributed by atoms with Gasteiger partial charge in [-0.3, -0.25) is 0 Å². The van der Waals surface area contributed by atoms with E-state index in [0.29, 0.717) is 18.9 Å². The van der Waals surface area contributed by atoms with Crippen LogP contribution in [-0.4, -0.2) is 26.3 Å². The quantitative estimate of drug-likeness (QED) is 0.875. The Hall–Kier alpha value is -0.690. The molecule has 0 aliphatic heterocycles. The molecule has 0 fully saturated rings. The normalized spacial score (nSPS) is 12.4. The highest BCUT2D eigenvalue weighted by Crippen LogP contribution is 2.26. The Bertz CT molecular complexity index is 576. The average molecular weight is 323 g/mol. The summed E-state index contributed by atoms with van der Waals surface area (Å²) >= 11 is 5.83. The van der Waals surface area contributed by atoms with Crippen molar-refractivity contribution in [3.8, 4) is 0 Å². The van der Waals surface area contributed by atoms with Gasteiger partial charge in [0, 0.05) is 30.7 Å². The molecule has 4 nitrogen and oxygen atoms in total. The lowest BCUT2D eigenvalue weighted by Crippen LogP contribution is -2.29. The topological polar surface area (TPSA) is 63.4 Å². The Kier molecular flexibility index (Phi) is 5.94. The average Bonchev–Trinajstić information content (AvgIpc) is 2.37. The molecule has 0 unspecified atom stereocenters. The fraction of sp³-hybridized carbons (Fsp3) is 0.538. The zero-order valence-corrected chi connectivity index (χ0v) is 13.4. The lowest BCUT2D eigenvalue weighted by molar-refractivity contribution is 0.424. The number of hydrogen-bond acceptors (Lipinski definition) is 3. The smallest absolute Gasteiger partial charge is 0.245 e. The highest BCUT2D eigenvalue weighted by molar-refractivity contribution is 7.89. The number of sulfonamides is 1. The molecule has 0 spiro atoms. The molecule has 7 heteroatoms. The van der Waals surface area contributed by atoms with Gasteiger partial charge in [-0.1, -0.05) is 25.4 Å². The van der Waals surface area contributed by atoms with Gasteiger partial charge in [-0.15, -0.1) is 0 Å². The second kappa shape index (κ2) is 6.85. The molecule has 0 aliphatic rings. The fourth-order valence-electron chi connectivity index (χ4n) is 1.68. The SMILES string of the molecule is CC(C)CCN(C)S(=O)(=O)c1cc(Cl)cc(CN)c1F. The zero-order chi connectivity index (χ0) is 15.5. The predicted octanol–water partition coefficient (Wildman–Crippen LogP) is 2.60. The van der Waals surface area contributed by atoms with Crippen molar-refractivity contribution in [2.45, 2.75) is 31.7 Å². The molecular weight excluding hydrogens is 303 g/mol. The summed E-state index contributed by atoms with van der Waals surface area (Å²) in [4.78, 5) is -0.420. The van der Waals surface area contributed by atoms with Crippen LogP contribution >= 0.6 is 11.6 Å². The van der Waals surface area contributed by atoms with Gasteiger partial charge >= 0.3 is 0 Å². The van der Waals surface area contributed by atoms with Crippen molar-refractivity contribution in [2.75, 3.05) is 13.6 Å². The van der Waals surface area contributed by atoms with Gasteiger partial charge in [-0.05, 0) is 24.5 Å². The fourth-order valence-corrected chi connectivity index (χ4v) is 3.30. The third-order valence-electron chi connectivity index (χ3n) is 3.01. The molecule has 1 rings (SSSR count). The van der Waals surface area contributed by atoms with E-state index in [1.165, 1.54) is 13.1 Å². The van der Waals surface area contributed by atoms with Crippen LogP contribution in [0.25, 0.3) is 0 Å². The van der Waals surface area contributed by atoms with E-state index in [1.807, 2.05) is 13.8 Å². The third-order valence-corrected chi connectivity index (χ3v) is 5.08. The molecular formula is C13H20ClFN2O2S. The Morgan fingerprint density at radius 3 is 2.50 bits per heavy atom. The van der Waals surface area contributed by atoms with Crippen LogP contribution in [0.5, 0.6) is 0 Å². The van der Waals surface area contributed by atoms with Gasteiger partial charge in [0.25, 0.3) is 0 Å². The Balaban J connectivity index is 3.18. The van der Waals surface area contributed by atoms with E-state index in [9.17, 15) is 12.8 Å². The van der Waals surface area contributed by atoms with E-state index in [0.717, 1.165) is 10.4 Å². The van der Waals surface area contributed by atoms with E-state index < -0.39 is 20.7 Å². The Labute approximate surface area is 124 Å². The minimum atomic E-state index is -3.90. The lowest BCUT2D eigenvalue weighted by Gasteiger charge is -2.19. The summed E-state index contributed by atoms with van der Waals surface area (Å²) in [5.41, 5.74) is 5.49. The van der Waals surface area contributed by atoms with E-state index in [1.54, 1.807) is 0 Å². The van der Waals surface area contributed by atoms with Crippen LogP contribution in [0.2, 0.25) is 5.02 Å². The van der Waals surface area contributed by atoms with Gasteiger partial charge in [0.2, 0.25) is 10.0 Å². The first kappa shape index (κ1) is 17.4. The van der Waals surface area contributed by atoms with Gasteiger partial charge < -0.3 is 5.73 Å². The highest BCUT2D eigenvalue weighted by atomic mass is 35.5. The van der Waals surface area contributed by atoms with Crippen LogP contribution in [-0.2, 0) is 16.6 Å². The van der Waals surface area contributed by atoms with Crippen LogP contribution in [0, 0.1) is 11.7 Å². The summed E-state index contributed by atoms with van der Waals surface area (Å²) in [6, 6.07) is 2.46. The van der Waals surface area contributed by atoms with E-state index in [2.05, 4.69) is 0 Å². The minimum Gasteiger partial charge on any atom is -0.326 e. The summed E-state index contributed by atoms with van der Waals surface area (Å²) < 4.78 is 40.0. The number of hydrogen-bond donors (Lipinski definition) is 1. The van der Waals surface area contributed by atoms with E-state index in [-0.39, 0.29) is 17.1 Å². The van der Waals surface area contributed by atoms with Gasteiger partial charge in [-0.25, -0.2) is 17.1 Å². The molecule has 0 saturated carbocycles. The number of benzene rings is 1. The predicted molar refractivity (Wildman–Crippen MR) is 78.6 cm³/mol. The molecule has 1 aromatic rings. The summed E-state index contributed by atoms with van der Waals surface area (Å²) in [6.07, 6.45) is 0.696. The lowest BCUT2D eigenvalue weighted by atomic mass is 10.1. The van der Waals surface area contributed by atoms with E-state index in [4.69, 9.17) is 17.3 Å². The molecule has 2 N–H and O–H groups in total.